The summed E-state index contributed by atoms with van der Waals surface area (Å²) in [6, 6.07) is 7.17. The standard InChI is InChI=1S/C12H11FN2O2/c1-8-14-10(6-12(16)15-8)7-17-11-4-2-3-9(13)5-11/h2-6H,7H2,1H3,(H,14,15,16). The average molecular weight is 234 g/mol. The number of aromatic amines is 1. The van der Waals surface area contributed by atoms with Crippen molar-refractivity contribution >= 4 is 0 Å². The van der Waals surface area contributed by atoms with Crippen LogP contribution >= 0.6 is 0 Å². The van der Waals surface area contributed by atoms with Gasteiger partial charge < -0.3 is 9.72 Å². The summed E-state index contributed by atoms with van der Waals surface area (Å²) < 4.78 is 18.2. The normalized spacial score (nSPS) is 10.2. The number of aryl methyl sites for hydroxylation is 1. The monoisotopic (exact) mass is 234 g/mol. The second-order valence-corrected chi connectivity index (χ2v) is 3.57. The van der Waals surface area contributed by atoms with E-state index in [1.807, 2.05) is 0 Å². The molecule has 1 aromatic carbocycles. The van der Waals surface area contributed by atoms with Crippen LogP contribution in [0.2, 0.25) is 0 Å². The molecule has 5 heteroatoms. The van der Waals surface area contributed by atoms with Crippen molar-refractivity contribution in [3.05, 3.63) is 58.0 Å². The molecular formula is C12H11FN2O2. The number of aromatic nitrogens is 2. The van der Waals surface area contributed by atoms with Crippen LogP contribution < -0.4 is 10.3 Å². The predicted molar refractivity (Wildman–Crippen MR) is 60.3 cm³/mol. The summed E-state index contributed by atoms with van der Waals surface area (Å²) in [6.07, 6.45) is 0. The van der Waals surface area contributed by atoms with E-state index in [4.69, 9.17) is 4.74 Å². The first kappa shape index (κ1) is 11.3. The Morgan fingerprint density at radius 3 is 2.94 bits per heavy atom. The van der Waals surface area contributed by atoms with Gasteiger partial charge in [0.25, 0.3) is 5.56 Å². The number of benzene rings is 1. The van der Waals surface area contributed by atoms with Gasteiger partial charge in [0.2, 0.25) is 0 Å². The van der Waals surface area contributed by atoms with E-state index in [1.165, 1.54) is 18.2 Å². The number of H-pyrrole nitrogens is 1. The fourth-order valence-corrected chi connectivity index (χ4v) is 1.43. The maximum Gasteiger partial charge on any atom is 0.251 e. The van der Waals surface area contributed by atoms with Crippen LogP contribution in [0.3, 0.4) is 0 Å². The maximum absolute atomic E-state index is 12.9. The SMILES string of the molecule is Cc1nc(COc2cccc(F)c2)cc(=O)[nH]1. The molecule has 1 heterocycles. The molecule has 2 aromatic rings. The Labute approximate surface area is 97.1 Å². The summed E-state index contributed by atoms with van der Waals surface area (Å²) in [7, 11) is 0. The van der Waals surface area contributed by atoms with Crippen molar-refractivity contribution in [1.82, 2.24) is 9.97 Å². The fourth-order valence-electron chi connectivity index (χ4n) is 1.43. The minimum absolute atomic E-state index is 0.133. The molecule has 1 N–H and O–H groups in total. The van der Waals surface area contributed by atoms with Crippen LogP contribution in [0.15, 0.2) is 35.1 Å². The van der Waals surface area contributed by atoms with Gasteiger partial charge in [0.05, 0.1) is 5.69 Å². The van der Waals surface area contributed by atoms with E-state index >= 15 is 0 Å². The number of nitrogens with one attached hydrogen (secondary N) is 1. The zero-order valence-electron chi connectivity index (χ0n) is 9.24. The highest BCUT2D eigenvalue weighted by atomic mass is 19.1. The molecule has 0 saturated carbocycles. The summed E-state index contributed by atoms with van der Waals surface area (Å²) in [4.78, 5) is 17.8. The molecule has 17 heavy (non-hydrogen) atoms. The van der Waals surface area contributed by atoms with E-state index in [2.05, 4.69) is 9.97 Å². The first-order chi connectivity index (χ1) is 8.13. The highest BCUT2D eigenvalue weighted by Gasteiger charge is 2.00. The molecule has 0 saturated heterocycles. The lowest BCUT2D eigenvalue weighted by Gasteiger charge is -2.05. The van der Waals surface area contributed by atoms with Gasteiger partial charge in [0, 0.05) is 12.1 Å². The van der Waals surface area contributed by atoms with Crippen molar-refractivity contribution in [2.24, 2.45) is 0 Å². The van der Waals surface area contributed by atoms with Crippen LogP contribution in [0, 0.1) is 12.7 Å². The van der Waals surface area contributed by atoms with Crippen LogP contribution in [-0.4, -0.2) is 9.97 Å². The lowest BCUT2D eigenvalue weighted by molar-refractivity contribution is 0.299. The van der Waals surface area contributed by atoms with Crippen molar-refractivity contribution in [3.63, 3.8) is 0 Å². The Morgan fingerprint density at radius 1 is 1.41 bits per heavy atom. The molecule has 0 fully saturated rings. The largest absolute Gasteiger partial charge is 0.487 e. The Morgan fingerprint density at radius 2 is 2.24 bits per heavy atom. The van der Waals surface area contributed by atoms with Crippen molar-refractivity contribution in [2.45, 2.75) is 13.5 Å². The van der Waals surface area contributed by atoms with Crippen molar-refractivity contribution in [2.75, 3.05) is 0 Å². The van der Waals surface area contributed by atoms with E-state index < -0.39 is 0 Å². The molecule has 4 nitrogen and oxygen atoms in total. The molecule has 0 aliphatic rings. The maximum atomic E-state index is 12.9. The quantitative estimate of drug-likeness (QED) is 0.880. The second-order valence-electron chi connectivity index (χ2n) is 3.57. The molecular weight excluding hydrogens is 223 g/mol. The summed E-state index contributed by atoms with van der Waals surface area (Å²) in [5, 5.41) is 0. The van der Waals surface area contributed by atoms with Crippen molar-refractivity contribution in [3.8, 4) is 5.75 Å². The first-order valence-corrected chi connectivity index (χ1v) is 5.09. The molecule has 0 atom stereocenters. The highest BCUT2D eigenvalue weighted by molar-refractivity contribution is 5.22. The summed E-state index contributed by atoms with van der Waals surface area (Å²) in [5.74, 6) is 0.567. The predicted octanol–water partition coefficient (Wildman–Crippen LogP) is 1.80. The van der Waals surface area contributed by atoms with Gasteiger partial charge in [-0.15, -0.1) is 0 Å². The lowest BCUT2D eigenvalue weighted by atomic mass is 10.3. The Balaban J connectivity index is 2.09. The third-order valence-electron chi connectivity index (χ3n) is 2.10. The molecule has 0 unspecified atom stereocenters. The molecule has 0 aliphatic heterocycles. The topological polar surface area (TPSA) is 55.0 Å². The molecule has 1 aromatic heterocycles. The van der Waals surface area contributed by atoms with Crippen molar-refractivity contribution in [1.29, 1.82) is 0 Å². The van der Waals surface area contributed by atoms with E-state index in [0.29, 0.717) is 17.3 Å². The number of ether oxygens (including phenoxy) is 1. The zero-order valence-corrected chi connectivity index (χ0v) is 9.24. The van der Waals surface area contributed by atoms with E-state index in [9.17, 15) is 9.18 Å². The highest BCUT2D eigenvalue weighted by Crippen LogP contribution is 2.13. The van der Waals surface area contributed by atoms with Crippen LogP contribution in [0.4, 0.5) is 4.39 Å². The van der Waals surface area contributed by atoms with Gasteiger partial charge in [-0.2, -0.15) is 0 Å². The Hall–Kier alpha value is -2.17. The molecule has 0 radical (unpaired) electrons. The Bertz CT molecular complexity index is 581. The van der Waals surface area contributed by atoms with Gasteiger partial charge in [-0.25, -0.2) is 9.37 Å². The van der Waals surface area contributed by atoms with Crippen LogP contribution in [0.5, 0.6) is 5.75 Å². The van der Waals surface area contributed by atoms with Crippen LogP contribution in [-0.2, 0) is 6.61 Å². The molecule has 0 aliphatic carbocycles. The zero-order chi connectivity index (χ0) is 12.3. The van der Waals surface area contributed by atoms with E-state index in [-0.39, 0.29) is 18.0 Å². The summed E-state index contributed by atoms with van der Waals surface area (Å²) in [6.45, 7) is 1.82. The molecule has 0 spiro atoms. The molecule has 88 valence electrons. The third kappa shape index (κ3) is 3.14. The van der Waals surface area contributed by atoms with E-state index in [1.54, 1.807) is 19.1 Å². The van der Waals surface area contributed by atoms with Gasteiger partial charge >= 0.3 is 0 Å². The van der Waals surface area contributed by atoms with Crippen molar-refractivity contribution < 1.29 is 9.13 Å². The number of hydrogen-bond donors (Lipinski definition) is 1. The number of hydrogen-bond acceptors (Lipinski definition) is 3. The van der Waals surface area contributed by atoms with Gasteiger partial charge in [0.15, 0.2) is 0 Å². The number of halogens is 1. The van der Waals surface area contributed by atoms with Gasteiger partial charge in [-0.05, 0) is 19.1 Å². The van der Waals surface area contributed by atoms with Gasteiger partial charge in [0.1, 0.15) is 24.0 Å². The molecule has 0 amide bonds. The van der Waals surface area contributed by atoms with E-state index in [0.717, 1.165) is 0 Å². The fraction of sp³-hybridized carbons (Fsp3) is 0.167. The van der Waals surface area contributed by atoms with Gasteiger partial charge in [-0.1, -0.05) is 6.07 Å². The molecule has 0 bridgehead atoms. The lowest BCUT2D eigenvalue weighted by Crippen LogP contribution is -2.12. The molecule has 2 rings (SSSR count). The second kappa shape index (κ2) is 4.78. The number of rotatable bonds is 3. The third-order valence-corrected chi connectivity index (χ3v) is 2.10. The smallest absolute Gasteiger partial charge is 0.251 e. The number of nitrogens with zero attached hydrogens (tertiary/aromatic N) is 1. The van der Waals surface area contributed by atoms with Crippen LogP contribution in [0.1, 0.15) is 11.5 Å². The Kier molecular flexibility index (Phi) is 3.18. The average Bonchev–Trinajstić information content (AvgIpc) is 2.25. The first-order valence-electron chi connectivity index (χ1n) is 5.09. The minimum Gasteiger partial charge on any atom is -0.487 e. The summed E-state index contributed by atoms with van der Waals surface area (Å²) >= 11 is 0. The summed E-state index contributed by atoms with van der Waals surface area (Å²) in [5.41, 5.74) is 0.283. The van der Waals surface area contributed by atoms with Crippen LogP contribution in [0.25, 0.3) is 0 Å². The van der Waals surface area contributed by atoms with Gasteiger partial charge in [-0.3, -0.25) is 4.79 Å². The minimum atomic E-state index is -0.363.